The number of anilines is 2. The fraction of sp³-hybridized carbons (Fsp3) is 0.542. The van der Waals surface area contributed by atoms with Crippen molar-refractivity contribution >= 4 is 17.7 Å². The van der Waals surface area contributed by atoms with E-state index in [1.165, 1.54) is 0 Å². The van der Waals surface area contributed by atoms with Gasteiger partial charge in [-0.1, -0.05) is 37.3 Å². The molecule has 3 heterocycles. The van der Waals surface area contributed by atoms with E-state index < -0.39 is 0 Å². The van der Waals surface area contributed by atoms with Crippen LogP contribution in [0.4, 0.5) is 11.8 Å². The highest BCUT2D eigenvalue weighted by Gasteiger charge is 2.28. The van der Waals surface area contributed by atoms with Crippen LogP contribution in [0.3, 0.4) is 0 Å². The molecule has 2 saturated heterocycles. The minimum Gasteiger partial charge on any atom is -0.354 e. The molecule has 0 bridgehead atoms. The van der Waals surface area contributed by atoms with Crippen LogP contribution < -0.4 is 9.80 Å². The Morgan fingerprint density at radius 2 is 1.58 bits per heavy atom. The molecule has 1 amide bonds. The van der Waals surface area contributed by atoms with Crippen molar-refractivity contribution in [1.29, 1.82) is 0 Å². The Morgan fingerprint density at radius 3 is 2.23 bits per heavy atom. The zero-order valence-electron chi connectivity index (χ0n) is 19.0. The van der Waals surface area contributed by atoms with E-state index in [0.717, 1.165) is 68.7 Å². The van der Waals surface area contributed by atoms with Crippen molar-refractivity contribution in [1.82, 2.24) is 19.8 Å². The van der Waals surface area contributed by atoms with Gasteiger partial charge in [-0.25, -0.2) is 4.98 Å². The molecule has 1 atom stereocenters. The molecule has 2 fully saturated rings. The molecule has 0 aliphatic carbocycles. The van der Waals surface area contributed by atoms with E-state index in [1.54, 1.807) is 0 Å². The van der Waals surface area contributed by atoms with Crippen LogP contribution in [0.2, 0.25) is 0 Å². The predicted octanol–water partition coefficient (Wildman–Crippen LogP) is 2.38. The topological polar surface area (TPSA) is 55.8 Å². The lowest BCUT2D eigenvalue weighted by Gasteiger charge is -2.37. The van der Waals surface area contributed by atoms with E-state index in [9.17, 15) is 4.79 Å². The van der Waals surface area contributed by atoms with Gasteiger partial charge in [0, 0.05) is 64.1 Å². The van der Waals surface area contributed by atoms with E-state index in [1.807, 2.05) is 30.0 Å². The highest BCUT2D eigenvalue weighted by Crippen LogP contribution is 2.24. The first-order chi connectivity index (χ1) is 15.0. The van der Waals surface area contributed by atoms with Gasteiger partial charge in [0.15, 0.2) is 0 Å². The van der Waals surface area contributed by atoms with Crippen molar-refractivity contribution in [2.75, 3.05) is 69.2 Å². The molecule has 7 nitrogen and oxygen atoms in total. The largest absolute Gasteiger partial charge is 0.354 e. The Labute approximate surface area is 185 Å². The summed E-state index contributed by atoms with van der Waals surface area (Å²) in [5.74, 6) is 1.98. The number of hydrogen-bond donors (Lipinski definition) is 0. The highest BCUT2D eigenvalue weighted by molar-refractivity contribution is 5.84. The number of benzene rings is 1. The van der Waals surface area contributed by atoms with Gasteiger partial charge >= 0.3 is 0 Å². The Kier molecular flexibility index (Phi) is 6.70. The van der Waals surface area contributed by atoms with Crippen LogP contribution in [0.5, 0.6) is 0 Å². The van der Waals surface area contributed by atoms with E-state index in [-0.39, 0.29) is 11.8 Å². The van der Waals surface area contributed by atoms with Gasteiger partial charge in [0.1, 0.15) is 5.82 Å². The van der Waals surface area contributed by atoms with Gasteiger partial charge in [0.25, 0.3) is 0 Å². The van der Waals surface area contributed by atoms with Crippen molar-refractivity contribution in [3.63, 3.8) is 0 Å². The lowest BCUT2D eigenvalue weighted by Crippen LogP contribution is -2.50. The predicted molar refractivity (Wildman–Crippen MR) is 125 cm³/mol. The highest BCUT2D eigenvalue weighted by atomic mass is 16.2. The number of hydrogen-bond acceptors (Lipinski definition) is 6. The Balaban J connectivity index is 1.41. The molecular formula is C24H34N6O. The van der Waals surface area contributed by atoms with Crippen molar-refractivity contribution in [3.8, 4) is 0 Å². The van der Waals surface area contributed by atoms with Gasteiger partial charge in [0.05, 0.1) is 5.92 Å². The number of rotatable bonds is 5. The number of likely N-dealkylation sites (N-methyl/N-ethyl adjacent to an activating group) is 1. The van der Waals surface area contributed by atoms with Crippen molar-refractivity contribution in [2.45, 2.75) is 26.2 Å². The number of amides is 1. The van der Waals surface area contributed by atoms with Gasteiger partial charge in [-0.3, -0.25) is 4.79 Å². The fourth-order valence-corrected chi connectivity index (χ4v) is 4.46. The summed E-state index contributed by atoms with van der Waals surface area (Å²) in [6.07, 6.45) is 0.818. The van der Waals surface area contributed by atoms with Gasteiger partial charge in [-0.15, -0.1) is 0 Å². The normalized spacial score (nSPS) is 18.9. The van der Waals surface area contributed by atoms with Crippen molar-refractivity contribution in [3.05, 3.63) is 47.7 Å². The first kappa shape index (κ1) is 21.6. The summed E-state index contributed by atoms with van der Waals surface area (Å²) in [4.78, 5) is 31.7. The molecule has 0 N–H and O–H groups in total. The number of aryl methyl sites for hydroxylation is 1. The molecule has 0 spiro atoms. The second-order valence-corrected chi connectivity index (χ2v) is 8.64. The van der Waals surface area contributed by atoms with Gasteiger partial charge < -0.3 is 19.6 Å². The first-order valence-corrected chi connectivity index (χ1v) is 11.4. The standard InChI is InChI=1S/C24H34N6O/c1-4-21(20-8-6-5-7-9-20)23(31)29-14-16-30(17-15-29)24-25-19(2)18-22(26-24)28-12-10-27(3)11-13-28/h5-9,18,21H,4,10-17H2,1-3H3. The van der Waals surface area contributed by atoms with Crippen LogP contribution in [-0.2, 0) is 4.79 Å². The summed E-state index contributed by atoms with van der Waals surface area (Å²) in [6.45, 7) is 11.2. The van der Waals surface area contributed by atoms with E-state index in [0.29, 0.717) is 13.1 Å². The fourth-order valence-electron chi connectivity index (χ4n) is 4.46. The molecule has 166 valence electrons. The smallest absolute Gasteiger partial charge is 0.230 e. The minimum atomic E-state index is -0.0631. The molecule has 7 heteroatoms. The molecule has 2 aliphatic heterocycles. The molecule has 0 radical (unpaired) electrons. The monoisotopic (exact) mass is 422 g/mol. The van der Waals surface area contributed by atoms with Crippen LogP contribution in [0.1, 0.15) is 30.5 Å². The quantitative estimate of drug-likeness (QED) is 0.738. The van der Waals surface area contributed by atoms with Gasteiger partial charge in [-0.05, 0) is 26.0 Å². The number of piperazine rings is 2. The molecule has 31 heavy (non-hydrogen) atoms. The third kappa shape index (κ3) is 4.98. The van der Waals surface area contributed by atoms with Crippen LogP contribution in [0.25, 0.3) is 0 Å². The Morgan fingerprint density at radius 1 is 0.935 bits per heavy atom. The minimum absolute atomic E-state index is 0.0631. The van der Waals surface area contributed by atoms with Crippen LogP contribution in [-0.4, -0.2) is 85.1 Å². The maximum atomic E-state index is 13.2. The van der Waals surface area contributed by atoms with Gasteiger partial charge in [0.2, 0.25) is 11.9 Å². The molecule has 2 aliphatic rings. The third-order valence-electron chi connectivity index (χ3n) is 6.44. The second-order valence-electron chi connectivity index (χ2n) is 8.64. The summed E-state index contributed by atoms with van der Waals surface area (Å²) >= 11 is 0. The number of carbonyl (C=O) groups excluding carboxylic acids is 1. The number of nitrogens with zero attached hydrogens (tertiary/aromatic N) is 6. The second kappa shape index (κ2) is 9.64. The van der Waals surface area contributed by atoms with E-state index in [2.05, 4.69) is 46.9 Å². The SMILES string of the molecule is CCC(C(=O)N1CCN(c2nc(C)cc(N3CCN(C)CC3)n2)CC1)c1ccccc1. The molecule has 2 aromatic rings. The van der Waals surface area contributed by atoms with Crippen molar-refractivity contribution in [2.24, 2.45) is 0 Å². The lowest BCUT2D eigenvalue weighted by atomic mass is 9.95. The average Bonchev–Trinajstić information content (AvgIpc) is 2.80. The zero-order chi connectivity index (χ0) is 21.8. The summed E-state index contributed by atoms with van der Waals surface area (Å²) in [6, 6.07) is 12.2. The first-order valence-electron chi connectivity index (χ1n) is 11.4. The molecule has 1 aromatic carbocycles. The zero-order valence-corrected chi connectivity index (χ0v) is 19.0. The Bertz CT molecular complexity index is 873. The molecule has 0 saturated carbocycles. The number of aromatic nitrogens is 2. The maximum Gasteiger partial charge on any atom is 0.230 e. The molecule has 1 unspecified atom stereocenters. The van der Waals surface area contributed by atoms with E-state index >= 15 is 0 Å². The molecule has 4 rings (SSSR count). The summed E-state index contributed by atoms with van der Waals surface area (Å²) in [7, 11) is 2.16. The summed E-state index contributed by atoms with van der Waals surface area (Å²) in [5.41, 5.74) is 2.10. The molecular weight excluding hydrogens is 388 g/mol. The van der Waals surface area contributed by atoms with Crippen molar-refractivity contribution < 1.29 is 4.79 Å². The average molecular weight is 423 g/mol. The van der Waals surface area contributed by atoms with Crippen LogP contribution >= 0.6 is 0 Å². The van der Waals surface area contributed by atoms with Crippen LogP contribution in [0, 0.1) is 6.92 Å². The number of carbonyl (C=O) groups is 1. The van der Waals surface area contributed by atoms with Crippen LogP contribution in [0.15, 0.2) is 36.4 Å². The maximum absolute atomic E-state index is 13.2. The summed E-state index contributed by atoms with van der Waals surface area (Å²) < 4.78 is 0. The Hall–Kier alpha value is -2.67. The van der Waals surface area contributed by atoms with Gasteiger partial charge in [-0.2, -0.15) is 4.98 Å². The molecule has 1 aromatic heterocycles. The third-order valence-corrected chi connectivity index (χ3v) is 6.44. The van der Waals surface area contributed by atoms with E-state index in [4.69, 9.17) is 9.97 Å². The lowest BCUT2D eigenvalue weighted by molar-refractivity contribution is -0.133. The summed E-state index contributed by atoms with van der Waals surface area (Å²) in [5, 5.41) is 0.